The average Bonchev–Trinajstić information content (AvgIpc) is 2.34. The van der Waals surface area contributed by atoms with E-state index in [1.54, 1.807) is 0 Å². The lowest BCUT2D eigenvalue weighted by atomic mass is 10.1. The lowest BCUT2D eigenvalue weighted by Gasteiger charge is -2.03. The number of nitrogens with zero attached hydrogens (tertiary/aromatic N) is 1. The molecule has 1 aromatic heterocycles. The van der Waals surface area contributed by atoms with E-state index in [4.69, 9.17) is 0 Å². The summed E-state index contributed by atoms with van der Waals surface area (Å²) in [6.45, 7) is 4.12. The van der Waals surface area contributed by atoms with Crippen molar-refractivity contribution in [3.8, 4) is 0 Å². The highest BCUT2D eigenvalue weighted by molar-refractivity contribution is 5.61. The maximum absolute atomic E-state index is 4.41. The van der Waals surface area contributed by atoms with Crippen LogP contribution in [0.2, 0.25) is 0 Å². The van der Waals surface area contributed by atoms with Gasteiger partial charge in [0.1, 0.15) is 0 Å². The van der Waals surface area contributed by atoms with E-state index < -0.39 is 0 Å². The van der Waals surface area contributed by atoms with Crippen molar-refractivity contribution in [1.29, 1.82) is 0 Å². The predicted octanol–water partition coefficient (Wildman–Crippen LogP) is 2.27. The number of hydrogen-bond acceptors (Lipinski definition) is 1. The van der Waals surface area contributed by atoms with Crippen molar-refractivity contribution in [2.75, 3.05) is 0 Å². The van der Waals surface area contributed by atoms with Gasteiger partial charge in [0.05, 0.1) is 0 Å². The first-order chi connectivity index (χ1) is 5.27. The normalized spacial score (nSPS) is 13.6. The summed E-state index contributed by atoms with van der Waals surface area (Å²) in [7, 11) is 0. The maximum atomic E-state index is 4.41. The van der Waals surface area contributed by atoms with Crippen LogP contribution in [0.4, 0.5) is 0 Å². The first kappa shape index (κ1) is 6.59. The van der Waals surface area contributed by atoms with Crippen LogP contribution < -0.4 is 0 Å². The summed E-state index contributed by atoms with van der Waals surface area (Å²) in [5, 5.41) is 0. The van der Waals surface area contributed by atoms with Crippen LogP contribution in [0.3, 0.4) is 0 Å². The molecule has 1 heteroatoms. The van der Waals surface area contributed by atoms with Crippen molar-refractivity contribution in [1.82, 2.24) is 4.98 Å². The number of aryl methyl sites for hydroxylation is 2. The molecule has 1 aliphatic rings. The SMILES string of the molecule is Cc1cc2c(c(C)n1)CC=C2. The molecule has 0 radical (unpaired) electrons. The lowest BCUT2D eigenvalue weighted by Crippen LogP contribution is -1.93. The third-order valence-electron chi connectivity index (χ3n) is 2.11. The van der Waals surface area contributed by atoms with E-state index in [0.29, 0.717) is 0 Å². The number of pyridine rings is 1. The summed E-state index contributed by atoms with van der Waals surface area (Å²) < 4.78 is 0. The fourth-order valence-electron chi connectivity index (χ4n) is 1.60. The van der Waals surface area contributed by atoms with Crippen LogP contribution in [-0.4, -0.2) is 4.98 Å². The fourth-order valence-corrected chi connectivity index (χ4v) is 1.60. The zero-order valence-electron chi connectivity index (χ0n) is 6.89. The van der Waals surface area contributed by atoms with Crippen molar-refractivity contribution in [3.05, 3.63) is 34.7 Å². The van der Waals surface area contributed by atoms with Gasteiger partial charge in [-0.25, -0.2) is 0 Å². The Bertz CT molecular complexity index is 324. The van der Waals surface area contributed by atoms with Crippen LogP contribution in [0.5, 0.6) is 0 Å². The largest absolute Gasteiger partial charge is 0.258 e. The van der Waals surface area contributed by atoms with Gasteiger partial charge in [-0.3, -0.25) is 4.98 Å². The van der Waals surface area contributed by atoms with Crippen LogP contribution >= 0.6 is 0 Å². The molecule has 0 saturated heterocycles. The van der Waals surface area contributed by atoms with Crippen molar-refractivity contribution in [2.45, 2.75) is 20.3 Å². The number of allylic oxidation sites excluding steroid dienone is 1. The van der Waals surface area contributed by atoms with E-state index in [1.807, 2.05) is 6.92 Å². The molecule has 0 aromatic carbocycles. The Morgan fingerprint density at radius 3 is 3.00 bits per heavy atom. The van der Waals surface area contributed by atoms with Gasteiger partial charge in [-0.1, -0.05) is 12.2 Å². The summed E-state index contributed by atoms with van der Waals surface area (Å²) in [5.41, 5.74) is 5.06. The third-order valence-corrected chi connectivity index (χ3v) is 2.11. The fraction of sp³-hybridized carbons (Fsp3) is 0.300. The molecule has 11 heavy (non-hydrogen) atoms. The van der Waals surface area contributed by atoms with Crippen LogP contribution in [-0.2, 0) is 6.42 Å². The molecule has 0 aliphatic heterocycles. The molecular weight excluding hydrogens is 134 g/mol. The van der Waals surface area contributed by atoms with Gasteiger partial charge in [-0.15, -0.1) is 0 Å². The third kappa shape index (κ3) is 0.967. The molecule has 0 saturated carbocycles. The van der Waals surface area contributed by atoms with E-state index in [-0.39, 0.29) is 0 Å². The number of hydrogen-bond donors (Lipinski definition) is 0. The Morgan fingerprint density at radius 2 is 2.18 bits per heavy atom. The predicted molar refractivity (Wildman–Crippen MR) is 46.4 cm³/mol. The van der Waals surface area contributed by atoms with Crippen molar-refractivity contribution in [3.63, 3.8) is 0 Å². The Morgan fingerprint density at radius 1 is 1.36 bits per heavy atom. The zero-order chi connectivity index (χ0) is 7.84. The van der Waals surface area contributed by atoms with Gasteiger partial charge in [0.2, 0.25) is 0 Å². The molecule has 0 amide bonds. The van der Waals surface area contributed by atoms with Gasteiger partial charge in [0, 0.05) is 11.4 Å². The van der Waals surface area contributed by atoms with Gasteiger partial charge in [0.25, 0.3) is 0 Å². The van der Waals surface area contributed by atoms with E-state index in [1.165, 1.54) is 16.8 Å². The molecule has 1 aliphatic carbocycles. The van der Waals surface area contributed by atoms with Gasteiger partial charge in [0.15, 0.2) is 0 Å². The monoisotopic (exact) mass is 145 g/mol. The minimum atomic E-state index is 1.06. The topological polar surface area (TPSA) is 12.9 Å². The van der Waals surface area contributed by atoms with Crippen molar-refractivity contribution in [2.24, 2.45) is 0 Å². The van der Waals surface area contributed by atoms with E-state index in [9.17, 15) is 0 Å². The molecule has 0 spiro atoms. The Balaban J connectivity index is 2.66. The first-order valence-corrected chi connectivity index (χ1v) is 3.91. The minimum Gasteiger partial charge on any atom is -0.258 e. The molecule has 0 atom stereocenters. The molecule has 1 nitrogen and oxygen atoms in total. The highest BCUT2D eigenvalue weighted by atomic mass is 14.7. The summed E-state index contributed by atoms with van der Waals surface area (Å²) >= 11 is 0. The number of aromatic nitrogens is 1. The van der Waals surface area contributed by atoms with Gasteiger partial charge < -0.3 is 0 Å². The summed E-state index contributed by atoms with van der Waals surface area (Å²) in [6, 6.07) is 2.14. The van der Waals surface area contributed by atoms with Gasteiger partial charge in [-0.05, 0) is 37.5 Å². The second kappa shape index (κ2) is 2.19. The van der Waals surface area contributed by atoms with Crippen LogP contribution in [0, 0.1) is 13.8 Å². The molecule has 0 N–H and O–H groups in total. The highest BCUT2D eigenvalue weighted by Crippen LogP contribution is 2.21. The van der Waals surface area contributed by atoms with E-state index in [0.717, 1.165) is 12.1 Å². The Kier molecular flexibility index (Phi) is 1.31. The maximum Gasteiger partial charge on any atom is 0.0416 e. The smallest absolute Gasteiger partial charge is 0.0416 e. The minimum absolute atomic E-state index is 1.06. The van der Waals surface area contributed by atoms with Gasteiger partial charge >= 0.3 is 0 Å². The lowest BCUT2D eigenvalue weighted by molar-refractivity contribution is 1.07. The molecule has 1 aromatic rings. The highest BCUT2D eigenvalue weighted by Gasteiger charge is 2.08. The molecule has 1 heterocycles. The van der Waals surface area contributed by atoms with Crippen molar-refractivity contribution >= 4 is 6.08 Å². The van der Waals surface area contributed by atoms with Crippen LogP contribution in [0.25, 0.3) is 6.08 Å². The summed E-state index contributed by atoms with van der Waals surface area (Å²) in [4.78, 5) is 4.41. The molecule has 2 rings (SSSR count). The standard InChI is InChI=1S/C10H11N/c1-7-6-9-4-3-5-10(9)8(2)11-7/h3-4,6H,5H2,1-2H3. The summed E-state index contributed by atoms with van der Waals surface area (Å²) in [6.07, 6.45) is 5.43. The zero-order valence-corrected chi connectivity index (χ0v) is 6.89. The summed E-state index contributed by atoms with van der Waals surface area (Å²) in [5.74, 6) is 0. The van der Waals surface area contributed by atoms with E-state index in [2.05, 4.69) is 30.1 Å². The van der Waals surface area contributed by atoms with Gasteiger partial charge in [-0.2, -0.15) is 0 Å². The number of rotatable bonds is 0. The second-order valence-electron chi connectivity index (χ2n) is 3.02. The average molecular weight is 145 g/mol. The van der Waals surface area contributed by atoms with E-state index >= 15 is 0 Å². The van der Waals surface area contributed by atoms with Crippen LogP contribution in [0.1, 0.15) is 22.5 Å². The molecular formula is C10H11N. The Hall–Kier alpha value is -1.11. The second-order valence-corrected chi connectivity index (χ2v) is 3.02. The van der Waals surface area contributed by atoms with Crippen LogP contribution in [0.15, 0.2) is 12.1 Å². The number of fused-ring (bicyclic) bond motifs is 1. The molecule has 56 valence electrons. The first-order valence-electron chi connectivity index (χ1n) is 3.91. The quantitative estimate of drug-likeness (QED) is 0.545. The Labute approximate surface area is 66.8 Å². The molecule has 0 unspecified atom stereocenters. The molecule has 0 fully saturated rings. The molecule has 0 bridgehead atoms. The van der Waals surface area contributed by atoms with Crippen molar-refractivity contribution < 1.29 is 0 Å².